The van der Waals surface area contributed by atoms with Gasteiger partial charge in [-0.3, -0.25) is 9.59 Å². The third-order valence-corrected chi connectivity index (χ3v) is 7.58. The molecule has 4 nitrogen and oxygen atoms in total. The molecule has 0 bridgehead atoms. The number of hydrogen-bond acceptors (Lipinski definition) is 4. The maximum Gasteiger partial charge on any atom is 0.309 e. The number of carbonyl (C=O) groups excluding carboxylic acids is 2. The van der Waals surface area contributed by atoms with Gasteiger partial charge in [-0.1, -0.05) is 33.5 Å². The van der Waals surface area contributed by atoms with Gasteiger partial charge >= 0.3 is 11.9 Å². The molecule has 0 saturated heterocycles. The van der Waals surface area contributed by atoms with Gasteiger partial charge in [-0.2, -0.15) is 0 Å². The van der Waals surface area contributed by atoms with Crippen LogP contribution >= 0.6 is 0 Å². The maximum atomic E-state index is 12.5. The van der Waals surface area contributed by atoms with Crippen molar-refractivity contribution < 1.29 is 19.1 Å². The topological polar surface area (TPSA) is 52.6 Å². The van der Waals surface area contributed by atoms with Crippen LogP contribution in [0.5, 0.6) is 0 Å². The Morgan fingerprint density at radius 3 is 1.81 bits per heavy atom. The van der Waals surface area contributed by atoms with Gasteiger partial charge < -0.3 is 9.47 Å². The monoisotopic (exact) mass is 314 g/mol. The Bertz CT molecular complexity index is 388. The minimum absolute atomic E-state index is 0.0436. The summed E-state index contributed by atoms with van der Waals surface area (Å²) >= 11 is 0. The predicted molar refractivity (Wildman–Crippen MR) is 85.5 cm³/mol. The minimum atomic E-state index is -1.53. The fraction of sp³-hybridized carbons (Fsp3) is 0.875. The van der Waals surface area contributed by atoms with Gasteiger partial charge in [0.05, 0.1) is 32.7 Å². The van der Waals surface area contributed by atoms with E-state index >= 15 is 0 Å². The number of esters is 2. The molecular formula is C16H30O4Si. The van der Waals surface area contributed by atoms with Crippen molar-refractivity contribution in [2.45, 2.75) is 59.0 Å². The molecular weight excluding hydrogens is 284 g/mol. The zero-order valence-corrected chi connectivity index (χ0v) is 15.4. The summed E-state index contributed by atoms with van der Waals surface area (Å²) in [5, 5.41) is 0. The molecule has 0 aromatic carbocycles. The molecule has 0 amide bonds. The van der Waals surface area contributed by atoms with E-state index in [0.717, 1.165) is 0 Å². The van der Waals surface area contributed by atoms with E-state index in [1.165, 1.54) is 7.11 Å². The molecule has 122 valence electrons. The van der Waals surface area contributed by atoms with Gasteiger partial charge in [0.25, 0.3) is 0 Å². The molecule has 1 saturated carbocycles. The van der Waals surface area contributed by atoms with E-state index < -0.39 is 8.07 Å². The second-order valence-electron chi connectivity index (χ2n) is 7.61. The Labute approximate surface area is 129 Å². The van der Waals surface area contributed by atoms with E-state index in [9.17, 15) is 9.59 Å². The van der Waals surface area contributed by atoms with Crippen LogP contribution in [0.1, 0.15) is 33.6 Å². The summed E-state index contributed by atoms with van der Waals surface area (Å²) in [7, 11) is -0.147. The fourth-order valence-electron chi connectivity index (χ4n) is 2.70. The SMILES string of the molecule is COC(=O)C1CC(C)C(C)CC1C(=O)OC(C)[Si](C)(C)C. The molecule has 5 atom stereocenters. The number of ether oxygens (including phenoxy) is 2. The Morgan fingerprint density at radius 2 is 1.43 bits per heavy atom. The summed E-state index contributed by atoms with van der Waals surface area (Å²) < 4.78 is 10.6. The third-order valence-electron chi connectivity index (χ3n) is 5.03. The first kappa shape index (κ1) is 18.2. The first-order valence-corrected chi connectivity index (χ1v) is 11.4. The van der Waals surface area contributed by atoms with Gasteiger partial charge in [0.1, 0.15) is 0 Å². The van der Waals surface area contributed by atoms with Crippen molar-refractivity contribution in [3.05, 3.63) is 0 Å². The highest BCUT2D eigenvalue weighted by molar-refractivity contribution is 6.77. The average molecular weight is 314 g/mol. The summed E-state index contributed by atoms with van der Waals surface area (Å²) in [5.74, 6) is -0.376. The van der Waals surface area contributed by atoms with Crippen molar-refractivity contribution in [1.82, 2.24) is 0 Å². The molecule has 1 fully saturated rings. The molecule has 0 aromatic rings. The van der Waals surface area contributed by atoms with Gasteiger partial charge in [-0.15, -0.1) is 0 Å². The molecule has 0 aliphatic heterocycles. The zero-order chi connectivity index (χ0) is 16.4. The lowest BCUT2D eigenvalue weighted by atomic mass is 9.69. The standard InChI is InChI=1S/C16H30O4Si/c1-10-8-13(15(17)19-4)14(9-11(10)2)16(18)20-12(3)21(5,6)7/h10-14H,8-9H2,1-7H3. The molecule has 21 heavy (non-hydrogen) atoms. The number of rotatable bonds is 4. The molecule has 5 unspecified atom stereocenters. The summed E-state index contributed by atoms with van der Waals surface area (Å²) in [6.07, 6.45) is 1.41. The van der Waals surface area contributed by atoms with E-state index in [1.54, 1.807) is 0 Å². The van der Waals surface area contributed by atoms with Crippen molar-refractivity contribution in [1.29, 1.82) is 0 Å². The minimum Gasteiger partial charge on any atom is -0.469 e. The highest BCUT2D eigenvalue weighted by Crippen LogP contribution is 2.39. The van der Waals surface area contributed by atoms with Crippen LogP contribution in [-0.4, -0.2) is 32.8 Å². The van der Waals surface area contributed by atoms with Crippen LogP contribution in [0.4, 0.5) is 0 Å². The van der Waals surface area contributed by atoms with Crippen LogP contribution in [0.15, 0.2) is 0 Å². The largest absolute Gasteiger partial charge is 0.469 e. The van der Waals surface area contributed by atoms with Crippen molar-refractivity contribution >= 4 is 20.0 Å². The quantitative estimate of drug-likeness (QED) is 0.590. The summed E-state index contributed by atoms with van der Waals surface area (Å²) in [4.78, 5) is 24.5. The highest BCUT2D eigenvalue weighted by atomic mass is 28.3. The summed E-state index contributed by atoms with van der Waals surface area (Å²) in [6.45, 7) is 12.8. The second kappa shape index (κ2) is 6.94. The molecule has 0 aromatic heterocycles. The van der Waals surface area contributed by atoms with E-state index in [2.05, 4.69) is 33.5 Å². The lowest BCUT2D eigenvalue weighted by Crippen LogP contribution is -2.44. The Morgan fingerprint density at radius 1 is 1.00 bits per heavy atom. The lowest BCUT2D eigenvalue weighted by molar-refractivity contribution is -0.164. The number of methoxy groups -OCH3 is 1. The molecule has 1 rings (SSSR count). The number of carbonyl (C=O) groups is 2. The van der Waals surface area contributed by atoms with E-state index in [-0.39, 0.29) is 29.5 Å². The summed E-state index contributed by atoms with van der Waals surface area (Å²) in [5.41, 5.74) is -0.0436. The molecule has 1 aliphatic rings. The normalized spacial score (nSPS) is 31.4. The van der Waals surface area contributed by atoms with Crippen molar-refractivity contribution in [3.63, 3.8) is 0 Å². The van der Waals surface area contributed by atoms with E-state index in [4.69, 9.17) is 9.47 Å². The summed E-state index contributed by atoms with van der Waals surface area (Å²) in [6, 6.07) is 0. The smallest absolute Gasteiger partial charge is 0.309 e. The van der Waals surface area contributed by atoms with Crippen LogP contribution in [0.25, 0.3) is 0 Å². The molecule has 0 heterocycles. The van der Waals surface area contributed by atoms with Crippen LogP contribution in [0.3, 0.4) is 0 Å². The first-order chi connectivity index (χ1) is 9.57. The Hall–Kier alpha value is -0.843. The molecule has 0 radical (unpaired) electrons. The maximum absolute atomic E-state index is 12.5. The van der Waals surface area contributed by atoms with Gasteiger partial charge in [-0.25, -0.2) is 0 Å². The van der Waals surface area contributed by atoms with Crippen LogP contribution < -0.4 is 0 Å². The van der Waals surface area contributed by atoms with Crippen LogP contribution in [0.2, 0.25) is 19.6 Å². The Kier molecular flexibility index (Phi) is 6.02. The van der Waals surface area contributed by atoms with Gasteiger partial charge in [0.15, 0.2) is 0 Å². The molecule has 1 aliphatic carbocycles. The molecule has 5 heteroatoms. The molecule has 0 spiro atoms. The third kappa shape index (κ3) is 4.56. The average Bonchev–Trinajstić information content (AvgIpc) is 2.39. The highest BCUT2D eigenvalue weighted by Gasteiger charge is 2.43. The number of hydrogen-bond donors (Lipinski definition) is 0. The predicted octanol–water partition coefficient (Wildman–Crippen LogP) is 3.27. The Balaban J connectivity index is 2.85. The van der Waals surface area contributed by atoms with Crippen LogP contribution in [-0.2, 0) is 19.1 Å². The fourth-order valence-corrected chi connectivity index (χ4v) is 3.17. The van der Waals surface area contributed by atoms with E-state index in [0.29, 0.717) is 24.7 Å². The van der Waals surface area contributed by atoms with Crippen molar-refractivity contribution in [2.24, 2.45) is 23.7 Å². The first-order valence-electron chi connectivity index (χ1n) is 7.86. The van der Waals surface area contributed by atoms with Crippen molar-refractivity contribution in [3.8, 4) is 0 Å². The van der Waals surface area contributed by atoms with E-state index in [1.807, 2.05) is 6.92 Å². The van der Waals surface area contributed by atoms with Crippen molar-refractivity contribution in [2.75, 3.05) is 7.11 Å². The zero-order valence-electron chi connectivity index (χ0n) is 14.4. The molecule has 0 N–H and O–H groups in total. The van der Waals surface area contributed by atoms with Gasteiger partial charge in [-0.05, 0) is 31.6 Å². The second-order valence-corrected chi connectivity index (χ2v) is 13.2. The van der Waals surface area contributed by atoms with Gasteiger partial charge in [0, 0.05) is 0 Å². The van der Waals surface area contributed by atoms with Gasteiger partial charge in [0.2, 0.25) is 0 Å². The lowest BCUT2D eigenvalue weighted by Gasteiger charge is -2.37. The van der Waals surface area contributed by atoms with Crippen LogP contribution in [0, 0.1) is 23.7 Å².